The zero-order valence-electron chi connectivity index (χ0n) is 6.74. The Hall–Kier alpha value is -0.240. The maximum Gasteiger partial charge on any atom is 0.302 e. The summed E-state index contributed by atoms with van der Waals surface area (Å²) in [6.07, 6.45) is 0.189. The van der Waals surface area contributed by atoms with Gasteiger partial charge in [0.1, 0.15) is 0 Å². The maximum atomic E-state index is 11.8. The van der Waals surface area contributed by atoms with Crippen molar-refractivity contribution >= 4 is 20.4 Å². The fraction of sp³-hybridized carbons (Fsp3) is 1.00. The van der Waals surface area contributed by atoms with Gasteiger partial charge in [-0.25, -0.2) is 0 Å². The lowest BCUT2D eigenvalue weighted by Gasteiger charge is -1.95. The highest BCUT2D eigenvalue weighted by molar-refractivity contribution is 7.86. The van der Waals surface area contributed by atoms with Crippen molar-refractivity contribution in [3.63, 3.8) is 0 Å². The zero-order chi connectivity index (χ0) is 10.5. The van der Waals surface area contributed by atoms with Crippen LogP contribution in [0.3, 0.4) is 0 Å². The van der Waals surface area contributed by atoms with E-state index in [0.29, 0.717) is 0 Å². The first kappa shape index (κ1) is 12.8. The van der Waals surface area contributed by atoms with Crippen molar-refractivity contribution in [3.8, 4) is 0 Å². The summed E-state index contributed by atoms with van der Waals surface area (Å²) in [5.74, 6) is -1.28. The van der Waals surface area contributed by atoms with E-state index in [2.05, 4.69) is 0 Å². The number of hydrogen-bond donors (Lipinski definition) is 0. The highest BCUT2D eigenvalue weighted by atomic mass is 32.3. The van der Waals surface area contributed by atoms with Gasteiger partial charge < -0.3 is 0 Å². The third kappa shape index (κ3) is 11.8. The summed E-state index contributed by atoms with van der Waals surface area (Å²) >= 11 is 0. The van der Waals surface area contributed by atoms with Crippen LogP contribution in [0, 0.1) is 0 Å². The van der Waals surface area contributed by atoms with Crippen molar-refractivity contribution in [1.82, 2.24) is 0 Å². The van der Waals surface area contributed by atoms with Gasteiger partial charge >= 0.3 is 20.4 Å². The van der Waals surface area contributed by atoms with Crippen molar-refractivity contribution in [3.05, 3.63) is 0 Å². The molecule has 0 aromatic heterocycles. The van der Waals surface area contributed by atoms with Crippen LogP contribution >= 0.6 is 0 Å². The van der Waals surface area contributed by atoms with Gasteiger partial charge in [0.2, 0.25) is 0 Å². The van der Waals surface area contributed by atoms with Crippen LogP contribution in [-0.2, 0) is 20.4 Å². The Morgan fingerprint density at radius 2 is 1.00 bits per heavy atom. The second-order valence-electron chi connectivity index (χ2n) is 2.55. The molecule has 0 bridgehead atoms. The minimum atomic E-state index is -4.48. The summed E-state index contributed by atoms with van der Waals surface area (Å²) in [6, 6.07) is 0. The predicted octanol–water partition coefficient (Wildman–Crippen LogP) is 0.755. The number of unbranched alkanes of at least 4 members (excludes halogenated alkanes) is 2. The van der Waals surface area contributed by atoms with Gasteiger partial charge in [-0.15, -0.1) is 7.77 Å². The Labute approximate surface area is 76.4 Å². The average Bonchev–Trinajstić information content (AvgIpc) is 1.81. The smallest absolute Gasteiger partial charge is 0.195 e. The van der Waals surface area contributed by atoms with Crippen LogP contribution in [0.4, 0.5) is 7.77 Å². The molecule has 0 heterocycles. The SMILES string of the molecule is O=S(=O)(F)CCCCCS(=O)(=O)F. The maximum absolute atomic E-state index is 11.8. The Bertz CT molecular complexity index is 298. The Kier molecular flexibility index (Phi) is 4.76. The molecule has 80 valence electrons. The molecule has 0 amide bonds. The van der Waals surface area contributed by atoms with Crippen molar-refractivity contribution in [2.75, 3.05) is 11.5 Å². The molecule has 0 aliphatic rings. The van der Waals surface area contributed by atoms with Crippen LogP contribution in [0.2, 0.25) is 0 Å². The van der Waals surface area contributed by atoms with E-state index >= 15 is 0 Å². The number of rotatable bonds is 6. The first-order valence-corrected chi connectivity index (χ1v) is 6.66. The summed E-state index contributed by atoms with van der Waals surface area (Å²) in [7, 11) is -8.97. The molecule has 0 saturated carbocycles. The normalized spacial score (nSPS) is 13.1. The largest absolute Gasteiger partial charge is 0.302 e. The molecule has 0 saturated heterocycles. The highest BCUT2D eigenvalue weighted by Gasteiger charge is 2.08. The van der Waals surface area contributed by atoms with Crippen molar-refractivity contribution in [2.24, 2.45) is 0 Å². The average molecular weight is 236 g/mol. The highest BCUT2D eigenvalue weighted by Crippen LogP contribution is 2.04. The fourth-order valence-electron chi connectivity index (χ4n) is 0.726. The molecule has 4 nitrogen and oxygen atoms in total. The number of hydrogen-bond acceptors (Lipinski definition) is 4. The fourth-order valence-corrected chi connectivity index (χ4v) is 1.82. The molecule has 0 aromatic carbocycles. The molecular formula is C5H10F2O4S2. The molecule has 0 fully saturated rings. The Morgan fingerprint density at radius 1 is 0.692 bits per heavy atom. The van der Waals surface area contributed by atoms with Crippen LogP contribution in [0.15, 0.2) is 0 Å². The lowest BCUT2D eigenvalue weighted by atomic mass is 10.3. The van der Waals surface area contributed by atoms with E-state index in [1.807, 2.05) is 0 Å². The van der Waals surface area contributed by atoms with E-state index in [4.69, 9.17) is 0 Å². The molecule has 0 N–H and O–H groups in total. The van der Waals surface area contributed by atoms with E-state index in [0.717, 1.165) is 0 Å². The minimum Gasteiger partial charge on any atom is -0.195 e. The van der Waals surface area contributed by atoms with Gasteiger partial charge in [0, 0.05) is 0 Å². The van der Waals surface area contributed by atoms with Gasteiger partial charge in [-0.3, -0.25) is 0 Å². The van der Waals surface area contributed by atoms with Crippen molar-refractivity contribution in [2.45, 2.75) is 19.3 Å². The molecule has 0 aliphatic heterocycles. The molecule has 0 unspecified atom stereocenters. The van der Waals surface area contributed by atoms with E-state index in [-0.39, 0.29) is 19.3 Å². The summed E-state index contributed by atoms with van der Waals surface area (Å²) in [5, 5.41) is 0. The van der Waals surface area contributed by atoms with E-state index in [1.54, 1.807) is 0 Å². The van der Waals surface area contributed by atoms with Gasteiger partial charge in [0.25, 0.3) is 0 Å². The van der Waals surface area contributed by atoms with Gasteiger partial charge in [0.15, 0.2) is 0 Å². The summed E-state index contributed by atoms with van der Waals surface area (Å²) in [4.78, 5) is 0. The molecule has 8 heteroatoms. The van der Waals surface area contributed by atoms with Gasteiger partial charge in [-0.05, 0) is 12.8 Å². The molecule has 0 atom stereocenters. The molecule has 0 radical (unpaired) electrons. The van der Waals surface area contributed by atoms with Gasteiger partial charge in [0.05, 0.1) is 11.5 Å². The van der Waals surface area contributed by atoms with Crippen LogP contribution in [0.5, 0.6) is 0 Å². The third-order valence-corrected chi connectivity index (χ3v) is 2.83. The van der Waals surface area contributed by atoms with Crippen molar-refractivity contribution < 1.29 is 24.6 Å². The topological polar surface area (TPSA) is 68.3 Å². The van der Waals surface area contributed by atoms with Gasteiger partial charge in [-0.1, -0.05) is 6.42 Å². The Morgan fingerprint density at radius 3 is 1.23 bits per heavy atom. The summed E-state index contributed by atoms with van der Waals surface area (Å²) < 4.78 is 63.4. The standard InChI is InChI=1S/C5H10F2O4S2/c6-12(8,9)4-2-1-3-5-13(7,10)11/h1-5H2. The monoisotopic (exact) mass is 236 g/mol. The van der Waals surface area contributed by atoms with E-state index in [1.165, 1.54) is 0 Å². The summed E-state index contributed by atoms with van der Waals surface area (Å²) in [6.45, 7) is 0. The molecule has 13 heavy (non-hydrogen) atoms. The van der Waals surface area contributed by atoms with Gasteiger partial charge in [-0.2, -0.15) is 16.8 Å². The Balaban J connectivity index is 3.50. The van der Waals surface area contributed by atoms with Crippen molar-refractivity contribution in [1.29, 1.82) is 0 Å². The van der Waals surface area contributed by atoms with E-state index < -0.39 is 32.0 Å². The second kappa shape index (κ2) is 4.85. The minimum absolute atomic E-state index is 0.00829. The van der Waals surface area contributed by atoms with E-state index in [9.17, 15) is 24.6 Å². The van der Waals surface area contributed by atoms with Crippen LogP contribution in [0.1, 0.15) is 19.3 Å². The third-order valence-electron chi connectivity index (χ3n) is 1.28. The lowest BCUT2D eigenvalue weighted by Crippen LogP contribution is -2.01. The van der Waals surface area contributed by atoms with Crippen LogP contribution in [0.25, 0.3) is 0 Å². The van der Waals surface area contributed by atoms with Crippen LogP contribution < -0.4 is 0 Å². The number of halogens is 2. The second-order valence-corrected chi connectivity index (χ2v) is 5.52. The molecule has 0 rings (SSSR count). The zero-order valence-corrected chi connectivity index (χ0v) is 8.37. The molecular weight excluding hydrogens is 226 g/mol. The molecule has 0 aromatic rings. The predicted molar refractivity (Wildman–Crippen MR) is 43.6 cm³/mol. The first-order chi connectivity index (χ1) is 5.71. The molecule has 0 aliphatic carbocycles. The summed E-state index contributed by atoms with van der Waals surface area (Å²) in [5.41, 5.74) is 0. The first-order valence-electron chi connectivity index (χ1n) is 3.55. The molecule has 0 spiro atoms. The van der Waals surface area contributed by atoms with Crippen LogP contribution in [-0.4, -0.2) is 28.3 Å². The quantitative estimate of drug-likeness (QED) is 0.504. The lowest BCUT2D eigenvalue weighted by molar-refractivity contribution is 0.544.